The van der Waals surface area contributed by atoms with Gasteiger partial charge in [0, 0.05) is 6.20 Å². The van der Waals surface area contributed by atoms with Gasteiger partial charge in [-0.3, -0.25) is 4.79 Å². The van der Waals surface area contributed by atoms with Crippen molar-refractivity contribution in [3.63, 3.8) is 0 Å². The van der Waals surface area contributed by atoms with Crippen molar-refractivity contribution in [2.24, 2.45) is 0 Å². The molecule has 4 heteroatoms. The van der Waals surface area contributed by atoms with Crippen LogP contribution >= 0.6 is 11.3 Å². The van der Waals surface area contributed by atoms with Gasteiger partial charge in [0.15, 0.2) is 0 Å². The third-order valence-corrected chi connectivity index (χ3v) is 2.79. The molecule has 72 valence electrons. The van der Waals surface area contributed by atoms with Crippen molar-refractivity contribution in [1.29, 1.82) is 0 Å². The number of hydrogen-bond acceptors (Lipinski definition) is 3. The fourth-order valence-electron chi connectivity index (χ4n) is 1.22. The largest absolute Gasteiger partial charge is 0.495 e. The standard InChI is InChI=1S/C10H9NO2S/c1-13-8-4-6-14-10(8)9(12)7-3-2-5-11-7/h2-6,11H,1H3. The number of rotatable bonds is 3. The van der Waals surface area contributed by atoms with Gasteiger partial charge < -0.3 is 9.72 Å². The van der Waals surface area contributed by atoms with Gasteiger partial charge in [0.25, 0.3) is 0 Å². The molecule has 0 unspecified atom stereocenters. The lowest BCUT2D eigenvalue weighted by Crippen LogP contribution is -2.00. The zero-order valence-corrected chi connectivity index (χ0v) is 8.43. The zero-order chi connectivity index (χ0) is 9.97. The average molecular weight is 207 g/mol. The van der Waals surface area contributed by atoms with E-state index in [4.69, 9.17) is 4.74 Å². The fraction of sp³-hybridized carbons (Fsp3) is 0.100. The molecule has 2 heterocycles. The van der Waals surface area contributed by atoms with Gasteiger partial charge in [-0.1, -0.05) is 0 Å². The lowest BCUT2D eigenvalue weighted by molar-refractivity contribution is 0.103. The third kappa shape index (κ3) is 1.44. The molecule has 2 rings (SSSR count). The minimum absolute atomic E-state index is 0.0261. The second kappa shape index (κ2) is 3.67. The molecule has 2 aromatic heterocycles. The SMILES string of the molecule is COc1ccsc1C(=O)c1ccc[nH]1. The van der Waals surface area contributed by atoms with Gasteiger partial charge in [0.05, 0.1) is 12.8 Å². The summed E-state index contributed by atoms with van der Waals surface area (Å²) in [6, 6.07) is 5.34. The first-order valence-electron chi connectivity index (χ1n) is 4.12. The summed E-state index contributed by atoms with van der Waals surface area (Å²) in [7, 11) is 1.56. The van der Waals surface area contributed by atoms with E-state index in [0.29, 0.717) is 16.3 Å². The number of hydrogen-bond donors (Lipinski definition) is 1. The van der Waals surface area contributed by atoms with Gasteiger partial charge in [-0.05, 0) is 23.6 Å². The molecule has 0 atom stereocenters. The molecule has 0 amide bonds. The molecule has 0 fully saturated rings. The van der Waals surface area contributed by atoms with E-state index in [0.717, 1.165) is 0 Å². The summed E-state index contributed by atoms with van der Waals surface area (Å²) in [4.78, 5) is 15.4. The van der Waals surface area contributed by atoms with Crippen molar-refractivity contribution in [2.45, 2.75) is 0 Å². The Balaban J connectivity index is 2.36. The van der Waals surface area contributed by atoms with Crippen LogP contribution in [0.5, 0.6) is 5.75 Å². The number of nitrogens with one attached hydrogen (secondary N) is 1. The van der Waals surface area contributed by atoms with Gasteiger partial charge in [0.2, 0.25) is 5.78 Å². The van der Waals surface area contributed by atoms with Crippen molar-refractivity contribution < 1.29 is 9.53 Å². The second-order valence-electron chi connectivity index (χ2n) is 2.73. The molecule has 2 aromatic rings. The van der Waals surface area contributed by atoms with E-state index in [1.54, 1.807) is 31.5 Å². The van der Waals surface area contributed by atoms with E-state index in [-0.39, 0.29) is 5.78 Å². The van der Waals surface area contributed by atoms with Gasteiger partial charge in [-0.25, -0.2) is 0 Å². The summed E-state index contributed by atoms with van der Waals surface area (Å²) in [5, 5.41) is 1.84. The number of thiophene rings is 1. The first-order valence-corrected chi connectivity index (χ1v) is 5.00. The summed E-state index contributed by atoms with van der Waals surface area (Å²) >= 11 is 1.39. The predicted molar refractivity (Wildman–Crippen MR) is 55.1 cm³/mol. The fourth-order valence-corrected chi connectivity index (χ4v) is 2.03. The van der Waals surface area contributed by atoms with Crippen LogP contribution in [0.25, 0.3) is 0 Å². The number of ketones is 1. The molecule has 3 nitrogen and oxygen atoms in total. The van der Waals surface area contributed by atoms with E-state index in [1.807, 2.05) is 5.38 Å². The highest BCUT2D eigenvalue weighted by atomic mass is 32.1. The lowest BCUT2D eigenvalue weighted by atomic mass is 10.2. The van der Waals surface area contributed by atoms with Crippen LogP contribution in [0.3, 0.4) is 0 Å². The smallest absolute Gasteiger partial charge is 0.222 e. The number of carbonyl (C=O) groups is 1. The Labute approximate surface area is 85.3 Å². The van der Waals surface area contributed by atoms with E-state index in [9.17, 15) is 4.79 Å². The molecular weight excluding hydrogens is 198 g/mol. The number of ether oxygens (including phenoxy) is 1. The highest BCUT2D eigenvalue weighted by molar-refractivity contribution is 7.12. The van der Waals surface area contributed by atoms with Crippen LogP contribution in [0.15, 0.2) is 29.8 Å². The van der Waals surface area contributed by atoms with E-state index in [2.05, 4.69) is 4.98 Å². The van der Waals surface area contributed by atoms with Gasteiger partial charge in [-0.15, -0.1) is 11.3 Å². The van der Waals surface area contributed by atoms with E-state index < -0.39 is 0 Å². The Kier molecular flexibility index (Phi) is 2.37. The molecule has 0 radical (unpaired) electrons. The van der Waals surface area contributed by atoms with Crippen LogP contribution in [0.2, 0.25) is 0 Å². The Hall–Kier alpha value is -1.55. The molecule has 0 aliphatic carbocycles. The Morgan fingerprint density at radius 2 is 2.36 bits per heavy atom. The highest BCUT2D eigenvalue weighted by Gasteiger charge is 2.15. The first-order chi connectivity index (χ1) is 6.83. The summed E-state index contributed by atoms with van der Waals surface area (Å²) in [5.41, 5.74) is 0.589. The molecule has 1 N–H and O–H groups in total. The first kappa shape index (κ1) is 9.02. The highest BCUT2D eigenvalue weighted by Crippen LogP contribution is 2.26. The van der Waals surface area contributed by atoms with E-state index >= 15 is 0 Å². The summed E-state index contributed by atoms with van der Waals surface area (Å²) in [6.45, 7) is 0. The molecule has 0 saturated carbocycles. The number of H-pyrrole nitrogens is 1. The predicted octanol–water partition coefficient (Wildman–Crippen LogP) is 2.32. The molecule has 0 aliphatic rings. The summed E-state index contributed by atoms with van der Waals surface area (Å²) in [5.74, 6) is 0.608. The average Bonchev–Trinajstić information content (AvgIpc) is 2.87. The van der Waals surface area contributed by atoms with Crippen LogP contribution in [-0.2, 0) is 0 Å². The third-order valence-electron chi connectivity index (χ3n) is 1.90. The minimum atomic E-state index is -0.0261. The Morgan fingerprint density at radius 1 is 1.50 bits per heavy atom. The number of aromatic amines is 1. The normalized spacial score (nSPS) is 10.1. The van der Waals surface area contributed by atoms with Crippen LogP contribution in [0.4, 0.5) is 0 Å². The summed E-state index contributed by atoms with van der Waals surface area (Å²) in [6.07, 6.45) is 1.73. The molecular formula is C10H9NO2S. The molecule has 0 saturated heterocycles. The van der Waals surface area contributed by atoms with Crippen molar-refractivity contribution in [1.82, 2.24) is 4.98 Å². The van der Waals surface area contributed by atoms with E-state index in [1.165, 1.54) is 11.3 Å². The van der Waals surface area contributed by atoms with Gasteiger partial charge in [0.1, 0.15) is 10.6 Å². The quantitative estimate of drug-likeness (QED) is 0.785. The molecule has 0 spiro atoms. The number of methoxy groups -OCH3 is 1. The van der Waals surface area contributed by atoms with Crippen molar-refractivity contribution >= 4 is 17.1 Å². The van der Waals surface area contributed by atoms with Crippen LogP contribution in [0, 0.1) is 0 Å². The van der Waals surface area contributed by atoms with Gasteiger partial charge in [-0.2, -0.15) is 0 Å². The molecule has 0 bridgehead atoms. The molecule has 0 aromatic carbocycles. The number of carbonyl (C=O) groups excluding carboxylic acids is 1. The maximum Gasteiger partial charge on any atom is 0.222 e. The van der Waals surface area contributed by atoms with Gasteiger partial charge >= 0.3 is 0 Å². The summed E-state index contributed by atoms with van der Waals surface area (Å²) < 4.78 is 5.08. The van der Waals surface area contributed by atoms with Crippen molar-refractivity contribution in [2.75, 3.05) is 7.11 Å². The lowest BCUT2D eigenvalue weighted by Gasteiger charge is -1.99. The zero-order valence-electron chi connectivity index (χ0n) is 7.61. The Bertz CT molecular complexity index is 431. The maximum absolute atomic E-state index is 11.8. The number of aromatic nitrogens is 1. The van der Waals surface area contributed by atoms with Crippen LogP contribution in [-0.4, -0.2) is 17.9 Å². The monoisotopic (exact) mass is 207 g/mol. The van der Waals surface area contributed by atoms with Crippen molar-refractivity contribution in [3.8, 4) is 5.75 Å². The van der Waals surface area contributed by atoms with Crippen LogP contribution in [0.1, 0.15) is 15.4 Å². The minimum Gasteiger partial charge on any atom is -0.495 e. The molecule has 0 aliphatic heterocycles. The topological polar surface area (TPSA) is 42.1 Å². The van der Waals surface area contributed by atoms with Crippen molar-refractivity contribution in [3.05, 3.63) is 40.3 Å². The molecule has 14 heavy (non-hydrogen) atoms. The van der Waals surface area contributed by atoms with Crippen LogP contribution < -0.4 is 4.74 Å². The Morgan fingerprint density at radius 3 is 3.00 bits per heavy atom. The second-order valence-corrected chi connectivity index (χ2v) is 3.65. The maximum atomic E-state index is 11.8.